The topological polar surface area (TPSA) is 29.5 Å². The van der Waals surface area contributed by atoms with Crippen molar-refractivity contribution >= 4 is 50.0 Å². The van der Waals surface area contributed by atoms with Crippen molar-refractivity contribution in [2.75, 3.05) is 0 Å². The predicted octanol–water partition coefficient (Wildman–Crippen LogP) is 5.63. The zero-order valence-corrected chi connectivity index (χ0v) is 14.6. The van der Waals surface area contributed by atoms with Crippen molar-refractivity contribution in [3.8, 4) is 5.75 Å². The maximum absolute atomic E-state index is 9.21. The summed E-state index contributed by atoms with van der Waals surface area (Å²) in [6, 6.07) is 17.0. The summed E-state index contributed by atoms with van der Waals surface area (Å²) < 4.78 is 7.78. The lowest BCUT2D eigenvalue weighted by molar-refractivity contribution is 0.457. The molecule has 119 valence electrons. The van der Waals surface area contributed by atoms with E-state index >= 15 is 0 Å². The standard InChI is InChI=1S/C20H18BO2S/c1-3-12(2)13-8-6-9-14-16(13)11-17(23-21-22)20-19(14)15-7-4-5-10-18(15)24-20/h4-12,22H,3H2,1-2H3. The van der Waals surface area contributed by atoms with Gasteiger partial charge in [-0.2, -0.15) is 0 Å². The van der Waals surface area contributed by atoms with E-state index in [1.165, 1.54) is 31.8 Å². The number of hydrogen-bond donors (Lipinski definition) is 1. The Labute approximate surface area is 146 Å². The Hall–Kier alpha value is -2.04. The van der Waals surface area contributed by atoms with Gasteiger partial charge in [0.2, 0.25) is 0 Å². The van der Waals surface area contributed by atoms with Crippen LogP contribution in [-0.2, 0) is 0 Å². The zero-order valence-electron chi connectivity index (χ0n) is 13.7. The summed E-state index contributed by atoms with van der Waals surface area (Å²) in [6.45, 7) is 4.46. The fourth-order valence-electron chi connectivity index (χ4n) is 3.44. The minimum Gasteiger partial charge on any atom is -0.536 e. The average molecular weight is 333 g/mol. The minimum absolute atomic E-state index is 0.474. The molecule has 0 aliphatic carbocycles. The van der Waals surface area contributed by atoms with Gasteiger partial charge in [0.15, 0.2) is 0 Å². The normalized spacial score (nSPS) is 12.8. The molecule has 3 aromatic carbocycles. The Morgan fingerprint density at radius 2 is 1.88 bits per heavy atom. The molecule has 1 radical (unpaired) electrons. The highest BCUT2D eigenvalue weighted by molar-refractivity contribution is 7.26. The molecule has 1 atom stereocenters. The van der Waals surface area contributed by atoms with Gasteiger partial charge in [-0.15, -0.1) is 11.3 Å². The maximum Gasteiger partial charge on any atom is 0.569 e. The fraction of sp³-hybridized carbons (Fsp3) is 0.200. The van der Waals surface area contributed by atoms with E-state index in [9.17, 15) is 5.02 Å². The zero-order chi connectivity index (χ0) is 16.7. The molecule has 0 fully saturated rings. The van der Waals surface area contributed by atoms with Crippen LogP contribution in [0.3, 0.4) is 0 Å². The lowest BCUT2D eigenvalue weighted by atomic mass is 9.91. The average Bonchev–Trinajstić information content (AvgIpc) is 3.01. The third-order valence-corrected chi connectivity index (χ3v) is 6.01. The van der Waals surface area contributed by atoms with Gasteiger partial charge in [-0.05, 0) is 40.8 Å². The van der Waals surface area contributed by atoms with Crippen molar-refractivity contribution in [2.45, 2.75) is 26.2 Å². The van der Waals surface area contributed by atoms with Crippen molar-refractivity contribution in [3.63, 3.8) is 0 Å². The van der Waals surface area contributed by atoms with Crippen molar-refractivity contribution in [1.82, 2.24) is 0 Å². The molecule has 0 spiro atoms. The summed E-state index contributed by atoms with van der Waals surface area (Å²) in [6.07, 6.45) is 1.09. The number of thiophene rings is 1. The fourth-order valence-corrected chi connectivity index (χ4v) is 4.62. The summed E-state index contributed by atoms with van der Waals surface area (Å²) >= 11 is 1.71. The summed E-state index contributed by atoms with van der Waals surface area (Å²) in [5, 5.41) is 14.1. The first-order valence-electron chi connectivity index (χ1n) is 8.24. The molecule has 0 saturated heterocycles. The van der Waals surface area contributed by atoms with E-state index in [0.717, 1.165) is 24.6 Å². The Morgan fingerprint density at radius 3 is 2.67 bits per heavy atom. The molecular weight excluding hydrogens is 315 g/mol. The van der Waals surface area contributed by atoms with Crippen molar-refractivity contribution in [1.29, 1.82) is 0 Å². The van der Waals surface area contributed by atoms with E-state index in [-0.39, 0.29) is 0 Å². The van der Waals surface area contributed by atoms with Gasteiger partial charge in [0, 0.05) is 15.5 Å². The molecule has 24 heavy (non-hydrogen) atoms. The number of benzene rings is 3. The summed E-state index contributed by atoms with van der Waals surface area (Å²) in [7, 11) is 0.775. The van der Waals surface area contributed by atoms with Gasteiger partial charge in [0.05, 0.1) is 4.70 Å². The monoisotopic (exact) mass is 333 g/mol. The minimum atomic E-state index is 0.474. The third-order valence-electron chi connectivity index (χ3n) is 4.83. The molecule has 1 unspecified atom stereocenters. The van der Waals surface area contributed by atoms with Crippen LogP contribution in [0.15, 0.2) is 48.5 Å². The van der Waals surface area contributed by atoms with Crippen LogP contribution >= 0.6 is 11.3 Å². The molecule has 4 rings (SSSR count). The summed E-state index contributed by atoms with van der Waals surface area (Å²) in [4.78, 5) is 0. The van der Waals surface area contributed by atoms with Gasteiger partial charge < -0.3 is 9.68 Å². The second kappa shape index (κ2) is 6.12. The van der Waals surface area contributed by atoms with Crippen LogP contribution in [0.4, 0.5) is 0 Å². The lowest BCUT2D eigenvalue weighted by Gasteiger charge is -2.15. The lowest BCUT2D eigenvalue weighted by Crippen LogP contribution is -2.00. The molecule has 2 nitrogen and oxygen atoms in total. The highest BCUT2D eigenvalue weighted by Crippen LogP contribution is 2.45. The first-order valence-corrected chi connectivity index (χ1v) is 9.05. The van der Waals surface area contributed by atoms with E-state index in [1.54, 1.807) is 11.3 Å². The Balaban J connectivity index is 2.20. The van der Waals surface area contributed by atoms with E-state index in [1.807, 2.05) is 0 Å². The molecule has 1 heterocycles. The molecule has 4 heteroatoms. The second-order valence-electron chi connectivity index (χ2n) is 6.15. The van der Waals surface area contributed by atoms with Crippen LogP contribution < -0.4 is 4.65 Å². The molecule has 1 N–H and O–H groups in total. The van der Waals surface area contributed by atoms with Crippen molar-refractivity contribution < 1.29 is 9.68 Å². The highest BCUT2D eigenvalue weighted by atomic mass is 32.1. The molecule has 0 bridgehead atoms. The summed E-state index contributed by atoms with van der Waals surface area (Å²) in [5.74, 6) is 1.19. The van der Waals surface area contributed by atoms with E-state index in [4.69, 9.17) is 4.65 Å². The molecular formula is C20H18BO2S. The van der Waals surface area contributed by atoms with Crippen LogP contribution in [0.25, 0.3) is 30.9 Å². The molecule has 1 aromatic heterocycles. The molecule has 0 amide bonds. The van der Waals surface area contributed by atoms with Gasteiger partial charge in [0.25, 0.3) is 0 Å². The van der Waals surface area contributed by atoms with Gasteiger partial charge in [-0.25, -0.2) is 0 Å². The van der Waals surface area contributed by atoms with E-state index in [2.05, 4.69) is 62.4 Å². The van der Waals surface area contributed by atoms with Crippen molar-refractivity contribution in [2.24, 2.45) is 0 Å². The quantitative estimate of drug-likeness (QED) is 0.491. The number of hydrogen-bond acceptors (Lipinski definition) is 3. The van der Waals surface area contributed by atoms with Crippen LogP contribution in [0.1, 0.15) is 31.7 Å². The van der Waals surface area contributed by atoms with E-state index in [0.29, 0.717) is 5.92 Å². The van der Waals surface area contributed by atoms with Crippen LogP contribution in [-0.4, -0.2) is 12.7 Å². The SMILES string of the molecule is CCC(C)c1cccc2c1cc(O[B]O)c1sc3ccccc3c12. The smallest absolute Gasteiger partial charge is 0.536 e. The molecule has 0 aliphatic heterocycles. The first kappa shape index (κ1) is 15.5. The third kappa shape index (κ3) is 2.29. The van der Waals surface area contributed by atoms with Gasteiger partial charge in [-0.3, -0.25) is 0 Å². The van der Waals surface area contributed by atoms with Crippen LogP contribution in [0.5, 0.6) is 5.75 Å². The van der Waals surface area contributed by atoms with Crippen LogP contribution in [0, 0.1) is 0 Å². The van der Waals surface area contributed by atoms with E-state index < -0.39 is 0 Å². The van der Waals surface area contributed by atoms with Gasteiger partial charge >= 0.3 is 7.69 Å². The van der Waals surface area contributed by atoms with Crippen LogP contribution in [0.2, 0.25) is 0 Å². The predicted molar refractivity (Wildman–Crippen MR) is 104 cm³/mol. The highest BCUT2D eigenvalue weighted by Gasteiger charge is 2.17. The number of rotatable bonds is 4. The van der Waals surface area contributed by atoms with Gasteiger partial charge in [0.1, 0.15) is 5.75 Å². The number of fused-ring (bicyclic) bond motifs is 5. The largest absolute Gasteiger partial charge is 0.569 e. The summed E-state index contributed by atoms with van der Waals surface area (Å²) in [5.41, 5.74) is 1.33. The molecule has 4 aromatic rings. The molecule has 0 saturated carbocycles. The Morgan fingerprint density at radius 1 is 1.08 bits per heavy atom. The first-order chi connectivity index (χ1) is 11.7. The van der Waals surface area contributed by atoms with Gasteiger partial charge in [-0.1, -0.05) is 50.2 Å². The Kier molecular flexibility index (Phi) is 3.95. The second-order valence-corrected chi connectivity index (χ2v) is 7.20. The molecule has 0 aliphatic rings. The maximum atomic E-state index is 9.21. The van der Waals surface area contributed by atoms with Crippen molar-refractivity contribution in [3.05, 3.63) is 54.1 Å². The Bertz CT molecular complexity index is 1040.